The molecule has 0 spiro atoms. The molecule has 0 amide bonds. The van der Waals surface area contributed by atoms with Crippen LogP contribution in [0.15, 0.2) is 12.2 Å². The van der Waals surface area contributed by atoms with Crippen molar-refractivity contribution in [3.8, 4) is 0 Å². The Morgan fingerprint density at radius 3 is 2.43 bits per heavy atom. The average Bonchev–Trinajstić information content (AvgIpc) is 2.16. The van der Waals surface area contributed by atoms with Crippen LogP contribution in [0.25, 0.3) is 0 Å². The van der Waals surface area contributed by atoms with Gasteiger partial charge in [-0.2, -0.15) is 0 Å². The second kappa shape index (κ2) is 7.12. The van der Waals surface area contributed by atoms with Crippen molar-refractivity contribution in [2.45, 2.75) is 26.2 Å². The molecule has 0 atom stereocenters. The zero-order chi connectivity index (χ0) is 11.0. The molecule has 4 nitrogen and oxygen atoms in total. The molecule has 0 aromatic rings. The normalized spacial score (nSPS) is 9.29. The Morgan fingerprint density at radius 2 is 1.93 bits per heavy atom. The summed E-state index contributed by atoms with van der Waals surface area (Å²) in [5.41, 5.74) is 0.386. The summed E-state index contributed by atoms with van der Waals surface area (Å²) < 4.78 is 9.19. The zero-order valence-electron chi connectivity index (χ0n) is 8.67. The summed E-state index contributed by atoms with van der Waals surface area (Å²) in [6.07, 6.45) is 1.34. The largest absolute Gasteiger partial charge is 0.466 e. The van der Waals surface area contributed by atoms with Gasteiger partial charge in [-0.15, -0.1) is 0 Å². The van der Waals surface area contributed by atoms with Gasteiger partial charge in [0, 0.05) is 12.0 Å². The lowest BCUT2D eigenvalue weighted by Gasteiger charge is -2.03. The fourth-order valence-electron chi connectivity index (χ4n) is 0.926. The Bertz CT molecular complexity index is 220. The summed E-state index contributed by atoms with van der Waals surface area (Å²) in [4.78, 5) is 21.8. The fourth-order valence-corrected chi connectivity index (χ4v) is 0.926. The Kier molecular flexibility index (Phi) is 6.45. The first-order valence-corrected chi connectivity index (χ1v) is 4.53. The molecule has 0 aliphatic heterocycles. The molecule has 0 aromatic heterocycles. The SMILES string of the molecule is C=C(CCCC(=O)OCC)C(=O)OC. The molecule has 0 N–H and O–H groups in total. The van der Waals surface area contributed by atoms with Gasteiger partial charge < -0.3 is 9.47 Å². The third-order valence-electron chi connectivity index (χ3n) is 1.64. The number of esters is 2. The van der Waals surface area contributed by atoms with Crippen molar-refractivity contribution in [1.82, 2.24) is 0 Å². The van der Waals surface area contributed by atoms with E-state index in [0.29, 0.717) is 31.4 Å². The average molecular weight is 200 g/mol. The van der Waals surface area contributed by atoms with Crippen molar-refractivity contribution in [3.05, 3.63) is 12.2 Å². The molecule has 0 unspecified atom stereocenters. The molecule has 4 heteroatoms. The molecule has 0 saturated heterocycles. The number of carbonyl (C=O) groups is 2. The van der Waals surface area contributed by atoms with Crippen molar-refractivity contribution in [2.24, 2.45) is 0 Å². The highest BCUT2D eigenvalue weighted by Gasteiger charge is 2.07. The van der Waals surface area contributed by atoms with Gasteiger partial charge in [0.15, 0.2) is 0 Å². The highest BCUT2D eigenvalue weighted by Crippen LogP contribution is 2.07. The van der Waals surface area contributed by atoms with Gasteiger partial charge in [-0.05, 0) is 19.8 Å². The minimum absolute atomic E-state index is 0.245. The molecule has 0 bridgehead atoms. The molecule has 0 radical (unpaired) electrons. The number of rotatable bonds is 6. The van der Waals surface area contributed by atoms with Gasteiger partial charge in [-0.3, -0.25) is 4.79 Å². The van der Waals surface area contributed by atoms with Gasteiger partial charge in [-0.25, -0.2) is 4.79 Å². The molecular weight excluding hydrogens is 184 g/mol. The maximum absolute atomic E-state index is 10.9. The molecule has 0 aliphatic carbocycles. The van der Waals surface area contributed by atoms with Gasteiger partial charge >= 0.3 is 11.9 Å². The number of ether oxygens (including phenoxy) is 2. The summed E-state index contributed by atoms with van der Waals surface area (Å²) in [6, 6.07) is 0. The monoisotopic (exact) mass is 200 g/mol. The van der Waals surface area contributed by atoms with Gasteiger partial charge in [0.05, 0.1) is 13.7 Å². The fraction of sp³-hybridized carbons (Fsp3) is 0.600. The predicted octanol–water partition coefficient (Wildman–Crippen LogP) is 1.45. The summed E-state index contributed by atoms with van der Waals surface area (Å²) >= 11 is 0. The van der Waals surface area contributed by atoms with Crippen LogP contribution in [-0.2, 0) is 19.1 Å². The maximum Gasteiger partial charge on any atom is 0.333 e. The first kappa shape index (κ1) is 12.7. The summed E-state index contributed by atoms with van der Waals surface area (Å²) in [7, 11) is 1.30. The lowest BCUT2D eigenvalue weighted by atomic mass is 10.1. The van der Waals surface area contributed by atoms with Crippen molar-refractivity contribution >= 4 is 11.9 Å². The van der Waals surface area contributed by atoms with E-state index >= 15 is 0 Å². The maximum atomic E-state index is 10.9. The minimum Gasteiger partial charge on any atom is -0.466 e. The van der Waals surface area contributed by atoms with Crippen molar-refractivity contribution in [3.63, 3.8) is 0 Å². The Hall–Kier alpha value is -1.32. The second-order valence-electron chi connectivity index (χ2n) is 2.75. The molecule has 14 heavy (non-hydrogen) atoms. The van der Waals surface area contributed by atoms with Crippen LogP contribution in [-0.4, -0.2) is 25.7 Å². The van der Waals surface area contributed by atoms with E-state index in [-0.39, 0.29) is 5.97 Å². The van der Waals surface area contributed by atoms with Crippen molar-refractivity contribution in [1.29, 1.82) is 0 Å². The molecule has 80 valence electrons. The van der Waals surface area contributed by atoms with E-state index in [2.05, 4.69) is 11.3 Å². The van der Waals surface area contributed by atoms with Crippen LogP contribution < -0.4 is 0 Å². The Balaban J connectivity index is 3.59. The van der Waals surface area contributed by atoms with E-state index in [1.807, 2.05) is 0 Å². The predicted molar refractivity (Wildman–Crippen MR) is 51.6 cm³/mol. The molecule has 0 aromatic carbocycles. The van der Waals surface area contributed by atoms with Crippen LogP contribution in [0.3, 0.4) is 0 Å². The molecule has 0 heterocycles. The van der Waals surface area contributed by atoms with Crippen LogP contribution in [0.2, 0.25) is 0 Å². The quantitative estimate of drug-likeness (QED) is 0.481. The van der Waals surface area contributed by atoms with E-state index in [4.69, 9.17) is 4.74 Å². The first-order valence-electron chi connectivity index (χ1n) is 4.53. The van der Waals surface area contributed by atoms with E-state index in [1.165, 1.54) is 7.11 Å². The first-order chi connectivity index (χ1) is 6.61. The number of hydrogen-bond donors (Lipinski definition) is 0. The van der Waals surface area contributed by atoms with Gasteiger partial charge in [0.25, 0.3) is 0 Å². The van der Waals surface area contributed by atoms with Crippen LogP contribution in [0, 0.1) is 0 Å². The van der Waals surface area contributed by atoms with E-state index in [9.17, 15) is 9.59 Å². The van der Waals surface area contributed by atoms with Crippen LogP contribution >= 0.6 is 0 Å². The third kappa shape index (κ3) is 5.35. The molecular formula is C10H16O4. The van der Waals surface area contributed by atoms with Crippen LogP contribution in [0.5, 0.6) is 0 Å². The highest BCUT2D eigenvalue weighted by molar-refractivity contribution is 5.87. The van der Waals surface area contributed by atoms with Crippen LogP contribution in [0.4, 0.5) is 0 Å². The molecule has 0 saturated carbocycles. The highest BCUT2D eigenvalue weighted by atomic mass is 16.5. The van der Waals surface area contributed by atoms with Crippen LogP contribution in [0.1, 0.15) is 26.2 Å². The van der Waals surface area contributed by atoms with Gasteiger partial charge in [-0.1, -0.05) is 6.58 Å². The lowest BCUT2D eigenvalue weighted by molar-refractivity contribution is -0.143. The Morgan fingerprint density at radius 1 is 1.29 bits per heavy atom. The van der Waals surface area contributed by atoms with E-state index in [0.717, 1.165) is 0 Å². The van der Waals surface area contributed by atoms with Crippen molar-refractivity contribution in [2.75, 3.05) is 13.7 Å². The standard InChI is InChI=1S/C10H16O4/c1-4-14-9(11)7-5-6-8(2)10(12)13-3/h2,4-7H2,1,3H3. The number of hydrogen-bond acceptors (Lipinski definition) is 4. The molecule has 0 rings (SSSR count). The third-order valence-corrected chi connectivity index (χ3v) is 1.64. The Labute approximate surface area is 83.9 Å². The molecule has 0 fully saturated rings. The minimum atomic E-state index is -0.422. The smallest absolute Gasteiger partial charge is 0.333 e. The van der Waals surface area contributed by atoms with Crippen molar-refractivity contribution < 1.29 is 19.1 Å². The number of methoxy groups -OCH3 is 1. The molecule has 0 aliphatic rings. The van der Waals surface area contributed by atoms with Gasteiger partial charge in [0.2, 0.25) is 0 Å². The zero-order valence-corrected chi connectivity index (χ0v) is 8.67. The second-order valence-corrected chi connectivity index (χ2v) is 2.75. The summed E-state index contributed by atoms with van der Waals surface area (Å²) in [5, 5.41) is 0. The van der Waals surface area contributed by atoms with E-state index < -0.39 is 5.97 Å². The summed E-state index contributed by atoms with van der Waals surface area (Å²) in [6.45, 7) is 5.68. The topological polar surface area (TPSA) is 52.6 Å². The number of carbonyl (C=O) groups excluding carboxylic acids is 2. The lowest BCUT2D eigenvalue weighted by Crippen LogP contribution is -2.06. The summed E-state index contributed by atoms with van der Waals surface area (Å²) in [5.74, 6) is -0.668. The van der Waals surface area contributed by atoms with Gasteiger partial charge in [0.1, 0.15) is 0 Å². The van der Waals surface area contributed by atoms with E-state index in [1.54, 1.807) is 6.92 Å².